The van der Waals surface area contributed by atoms with Gasteiger partial charge in [-0.05, 0) is 50.1 Å². The minimum absolute atomic E-state index is 0.182. The number of carbonyl (C=O) groups is 1. The maximum atomic E-state index is 12.1. The van der Waals surface area contributed by atoms with E-state index >= 15 is 0 Å². The van der Waals surface area contributed by atoms with Crippen LogP contribution in [0.2, 0.25) is 5.02 Å². The average molecular weight is 348 g/mol. The van der Waals surface area contributed by atoms with Crippen molar-refractivity contribution in [3.8, 4) is 11.5 Å². The van der Waals surface area contributed by atoms with Gasteiger partial charge in [0.25, 0.3) is 5.91 Å². The smallest absolute Gasteiger partial charge is 0.260 e. The molecular formula is C19H22ClNO3. The van der Waals surface area contributed by atoms with Gasteiger partial charge in [0.1, 0.15) is 18.1 Å². The number of rotatable bonds is 7. The second-order valence-electron chi connectivity index (χ2n) is 5.60. The molecule has 0 saturated carbocycles. The third-order valence-electron chi connectivity index (χ3n) is 3.51. The van der Waals surface area contributed by atoms with E-state index in [1.807, 2.05) is 44.2 Å². The summed E-state index contributed by atoms with van der Waals surface area (Å²) in [4.78, 5) is 12.1. The molecule has 0 saturated heterocycles. The first-order valence-corrected chi connectivity index (χ1v) is 8.24. The van der Waals surface area contributed by atoms with Crippen LogP contribution in [-0.4, -0.2) is 25.2 Å². The number of hydrogen-bond acceptors (Lipinski definition) is 3. The van der Waals surface area contributed by atoms with Gasteiger partial charge >= 0.3 is 0 Å². The number of nitrogens with one attached hydrogen (secondary N) is 1. The molecule has 0 unspecified atom stereocenters. The molecule has 2 aromatic rings. The normalized spacial score (nSPS) is 11.7. The Labute approximate surface area is 147 Å². The molecule has 0 spiro atoms. The first-order valence-electron chi connectivity index (χ1n) is 7.86. The zero-order valence-corrected chi connectivity index (χ0v) is 14.9. The highest BCUT2D eigenvalue weighted by Crippen LogP contribution is 2.23. The fourth-order valence-corrected chi connectivity index (χ4v) is 2.31. The number of ether oxygens (including phenoxy) is 2. The molecule has 128 valence electrons. The van der Waals surface area contributed by atoms with Crippen LogP contribution >= 0.6 is 11.6 Å². The van der Waals surface area contributed by atoms with Crippen LogP contribution in [-0.2, 0) is 4.79 Å². The molecule has 0 heterocycles. The minimum Gasteiger partial charge on any atom is -0.490 e. The molecule has 0 radical (unpaired) electrons. The highest BCUT2D eigenvalue weighted by molar-refractivity contribution is 6.32. The lowest BCUT2D eigenvalue weighted by atomic mass is 10.1. The van der Waals surface area contributed by atoms with E-state index in [9.17, 15) is 4.79 Å². The standard InChI is InChI=1S/C19H22ClNO3/c1-13-8-9-14(2)18(12-13)24-15(3)19(22)21-10-11-23-17-7-5-4-6-16(17)20/h4-9,12,15H,10-11H2,1-3H3,(H,21,22)/t15-/m0/s1. The average Bonchev–Trinajstić information content (AvgIpc) is 2.56. The Morgan fingerprint density at radius 3 is 2.67 bits per heavy atom. The van der Waals surface area contributed by atoms with Gasteiger partial charge in [0, 0.05) is 0 Å². The molecule has 0 aliphatic heterocycles. The lowest BCUT2D eigenvalue weighted by molar-refractivity contribution is -0.127. The Hall–Kier alpha value is -2.20. The first-order chi connectivity index (χ1) is 11.5. The number of carbonyl (C=O) groups excluding carboxylic acids is 1. The summed E-state index contributed by atoms with van der Waals surface area (Å²) in [6.07, 6.45) is -0.578. The number of amides is 1. The Morgan fingerprint density at radius 1 is 1.17 bits per heavy atom. The molecule has 0 fully saturated rings. The van der Waals surface area contributed by atoms with Crippen molar-refractivity contribution in [1.82, 2.24) is 5.32 Å². The molecule has 2 aromatic carbocycles. The molecule has 0 aliphatic carbocycles. The van der Waals surface area contributed by atoms with Gasteiger partial charge in [-0.2, -0.15) is 0 Å². The zero-order valence-electron chi connectivity index (χ0n) is 14.1. The summed E-state index contributed by atoms with van der Waals surface area (Å²) >= 11 is 6.00. The van der Waals surface area contributed by atoms with E-state index in [1.165, 1.54) is 0 Å². The Kier molecular flexibility index (Phi) is 6.50. The number of halogens is 1. The number of para-hydroxylation sites is 1. The van der Waals surface area contributed by atoms with E-state index in [0.717, 1.165) is 16.9 Å². The van der Waals surface area contributed by atoms with Crippen LogP contribution in [0.4, 0.5) is 0 Å². The van der Waals surface area contributed by atoms with Gasteiger partial charge < -0.3 is 14.8 Å². The van der Waals surface area contributed by atoms with E-state index in [0.29, 0.717) is 23.9 Å². The second kappa shape index (κ2) is 8.60. The quantitative estimate of drug-likeness (QED) is 0.772. The summed E-state index contributed by atoms with van der Waals surface area (Å²) in [5, 5.41) is 3.35. The van der Waals surface area contributed by atoms with E-state index in [1.54, 1.807) is 19.1 Å². The molecule has 2 rings (SSSR count). The summed E-state index contributed by atoms with van der Waals surface area (Å²) in [5.74, 6) is 1.15. The lowest BCUT2D eigenvalue weighted by Crippen LogP contribution is -2.38. The summed E-state index contributed by atoms with van der Waals surface area (Å²) in [7, 11) is 0. The second-order valence-corrected chi connectivity index (χ2v) is 6.01. The molecule has 1 N–H and O–H groups in total. The predicted molar refractivity (Wildman–Crippen MR) is 96.0 cm³/mol. The van der Waals surface area contributed by atoms with Crippen molar-refractivity contribution in [1.29, 1.82) is 0 Å². The van der Waals surface area contributed by atoms with Gasteiger partial charge in [0.15, 0.2) is 6.10 Å². The van der Waals surface area contributed by atoms with Crippen LogP contribution < -0.4 is 14.8 Å². The van der Waals surface area contributed by atoms with Crippen LogP contribution in [0, 0.1) is 13.8 Å². The summed E-state index contributed by atoms with van der Waals surface area (Å²) in [5.41, 5.74) is 2.10. The van der Waals surface area contributed by atoms with E-state index < -0.39 is 6.10 Å². The minimum atomic E-state index is -0.578. The van der Waals surface area contributed by atoms with E-state index in [-0.39, 0.29) is 5.91 Å². The Balaban J connectivity index is 1.77. The summed E-state index contributed by atoms with van der Waals surface area (Å²) < 4.78 is 11.3. The topological polar surface area (TPSA) is 47.6 Å². The van der Waals surface area contributed by atoms with Crippen molar-refractivity contribution in [2.45, 2.75) is 26.9 Å². The maximum absolute atomic E-state index is 12.1. The molecule has 1 atom stereocenters. The van der Waals surface area contributed by atoms with Crippen molar-refractivity contribution < 1.29 is 14.3 Å². The third-order valence-corrected chi connectivity index (χ3v) is 3.82. The molecule has 4 nitrogen and oxygen atoms in total. The molecule has 5 heteroatoms. The third kappa shape index (κ3) is 5.17. The van der Waals surface area contributed by atoms with Crippen LogP contribution in [0.3, 0.4) is 0 Å². The molecule has 0 aromatic heterocycles. The van der Waals surface area contributed by atoms with E-state index in [4.69, 9.17) is 21.1 Å². The lowest BCUT2D eigenvalue weighted by Gasteiger charge is -2.17. The molecule has 24 heavy (non-hydrogen) atoms. The highest BCUT2D eigenvalue weighted by Gasteiger charge is 2.15. The van der Waals surface area contributed by atoms with Crippen LogP contribution in [0.5, 0.6) is 11.5 Å². The van der Waals surface area contributed by atoms with Gasteiger partial charge in [0.2, 0.25) is 0 Å². The van der Waals surface area contributed by atoms with Crippen molar-refractivity contribution >= 4 is 17.5 Å². The van der Waals surface area contributed by atoms with Gasteiger partial charge in [-0.1, -0.05) is 35.9 Å². The Bertz CT molecular complexity index is 703. The van der Waals surface area contributed by atoms with Crippen molar-refractivity contribution in [3.63, 3.8) is 0 Å². The summed E-state index contributed by atoms with van der Waals surface area (Å²) in [6.45, 7) is 6.39. The zero-order chi connectivity index (χ0) is 17.5. The van der Waals surface area contributed by atoms with Crippen molar-refractivity contribution in [2.75, 3.05) is 13.2 Å². The van der Waals surface area contributed by atoms with Crippen LogP contribution in [0.15, 0.2) is 42.5 Å². The number of hydrogen-bond donors (Lipinski definition) is 1. The molecule has 0 bridgehead atoms. The largest absolute Gasteiger partial charge is 0.490 e. The highest BCUT2D eigenvalue weighted by atomic mass is 35.5. The number of benzene rings is 2. The fraction of sp³-hybridized carbons (Fsp3) is 0.316. The molecular weight excluding hydrogens is 326 g/mol. The SMILES string of the molecule is Cc1ccc(C)c(O[C@@H](C)C(=O)NCCOc2ccccc2Cl)c1. The van der Waals surface area contributed by atoms with Gasteiger partial charge in [-0.15, -0.1) is 0 Å². The molecule has 1 amide bonds. The number of aryl methyl sites for hydroxylation is 2. The first kappa shape index (κ1) is 18.1. The van der Waals surface area contributed by atoms with Crippen LogP contribution in [0.1, 0.15) is 18.1 Å². The van der Waals surface area contributed by atoms with Gasteiger partial charge in [-0.3, -0.25) is 4.79 Å². The monoisotopic (exact) mass is 347 g/mol. The van der Waals surface area contributed by atoms with E-state index in [2.05, 4.69) is 5.32 Å². The Morgan fingerprint density at radius 2 is 1.92 bits per heavy atom. The molecule has 0 aliphatic rings. The van der Waals surface area contributed by atoms with Crippen molar-refractivity contribution in [2.24, 2.45) is 0 Å². The maximum Gasteiger partial charge on any atom is 0.260 e. The predicted octanol–water partition coefficient (Wildman–Crippen LogP) is 3.92. The van der Waals surface area contributed by atoms with Crippen molar-refractivity contribution in [3.05, 3.63) is 58.6 Å². The van der Waals surface area contributed by atoms with Crippen LogP contribution in [0.25, 0.3) is 0 Å². The van der Waals surface area contributed by atoms with Gasteiger partial charge in [0.05, 0.1) is 11.6 Å². The summed E-state index contributed by atoms with van der Waals surface area (Å²) in [6, 6.07) is 13.2. The van der Waals surface area contributed by atoms with Gasteiger partial charge in [-0.25, -0.2) is 0 Å². The fourth-order valence-electron chi connectivity index (χ4n) is 2.12.